The molecule has 1 aliphatic carbocycles. The van der Waals surface area contributed by atoms with Crippen LogP contribution in [0.15, 0.2) is 54.1 Å². The molecule has 1 saturated heterocycles. The molecule has 1 fully saturated rings. The van der Waals surface area contributed by atoms with Gasteiger partial charge in [-0.3, -0.25) is 4.79 Å². The minimum absolute atomic E-state index is 0.0118. The predicted molar refractivity (Wildman–Crippen MR) is 124 cm³/mol. The van der Waals surface area contributed by atoms with Crippen LogP contribution in [-0.4, -0.2) is 31.8 Å². The molecule has 0 radical (unpaired) electrons. The average molecular weight is 438 g/mol. The van der Waals surface area contributed by atoms with Gasteiger partial charge in [-0.2, -0.15) is 0 Å². The second-order valence-electron chi connectivity index (χ2n) is 8.78. The van der Waals surface area contributed by atoms with Crippen molar-refractivity contribution >= 4 is 5.91 Å². The van der Waals surface area contributed by atoms with Gasteiger partial charge in [-0.15, -0.1) is 0 Å². The molecular formula is C27H32FNO3. The minimum Gasteiger partial charge on any atom is -0.496 e. The molecule has 4 rings (SSSR count). The van der Waals surface area contributed by atoms with E-state index in [1.54, 1.807) is 13.2 Å². The molecule has 0 saturated carbocycles. The van der Waals surface area contributed by atoms with Crippen molar-refractivity contribution in [3.63, 3.8) is 0 Å². The number of benzene rings is 2. The standard InChI is InChI=1S/C27H32FNO3/c1-31-25-13-12-23(28)18-24(25)22-10-8-21(9-11-22)19-27(15-5-17-32-27)26(30)29-16-14-20-6-3-2-4-7-20/h6,8-13,18H,2-5,7,14-17,19H2,1H3,(H,29,30)/t27-/m1/s1. The molecule has 0 bridgehead atoms. The first-order valence-corrected chi connectivity index (χ1v) is 11.6. The van der Waals surface area contributed by atoms with E-state index in [0.29, 0.717) is 30.9 Å². The molecular weight excluding hydrogens is 405 g/mol. The van der Waals surface area contributed by atoms with E-state index in [1.807, 2.05) is 24.3 Å². The zero-order valence-electron chi connectivity index (χ0n) is 18.8. The number of nitrogens with one attached hydrogen (secondary N) is 1. The molecule has 2 aliphatic rings. The zero-order valence-corrected chi connectivity index (χ0v) is 18.8. The average Bonchev–Trinajstić information content (AvgIpc) is 3.30. The van der Waals surface area contributed by atoms with Gasteiger partial charge in [0.15, 0.2) is 5.60 Å². The molecule has 2 aromatic carbocycles. The smallest absolute Gasteiger partial charge is 0.252 e. The fourth-order valence-electron chi connectivity index (χ4n) is 4.76. The van der Waals surface area contributed by atoms with Gasteiger partial charge in [-0.05, 0) is 74.3 Å². The van der Waals surface area contributed by atoms with Crippen LogP contribution in [0.4, 0.5) is 4.39 Å². The van der Waals surface area contributed by atoms with Crippen LogP contribution in [0.5, 0.6) is 5.75 Å². The van der Waals surface area contributed by atoms with E-state index in [1.165, 1.54) is 30.5 Å². The van der Waals surface area contributed by atoms with Gasteiger partial charge in [0.25, 0.3) is 5.91 Å². The Morgan fingerprint density at radius 2 is 2.00 bits per heavy atom. The van der Waals surface area contributed by atoms with Crippen molar-refractivity contribution < 1.29 is 18.7 Å². The number of hydrogen-bond donors (Lipinski definition) is 1. The summed E-state index contributed by atoms with van der Waals surface area (Å²) in [5, 5.41) is 3.13. The molecule has 32 heavy (non-hydrogen) atoms. The second kappa shape index (κ2) is 10.3. The highest BCUT2D eigenvalue weighted by atomic mass is 19.1. The molecule has 1 heterocycles. The number of hydrogen-bond acceptors (Lipinski definition) is 3. The van der Waals surface area contributed by atoms with Crippen molar-refractivity contribution in [1.82, 2.24) is 5.32 Å². The minimum atomic E-state index is -0.807. The van der Waals surface area contributed by atoms with Gasteiger partial charge in [0.2, 0.25) is 0 Å². The van der Waals surface area contributed by atoms with Crippen molar-refractivity contribution in [1.29, 1.82) is 0 Å². The number of allylic oxidation sites excluding steroid dienone is 1. The van der Waals surface area contributed by atoms with Gasteiger partial charge >= 0.3 is 0 Å². The third-order valence-electron chi connectivity index (χ3n) is 6.55. The van der Waals surface area contributed by atoms with E-state index in [9.17, 15) is 9.18 Å². The first-order valence-electron chi connectivity index (χ1n) is 11.6. The summed E-state index contributed by atoms with van der Waals surface area (Å²) in [6.07, 6.45) is 10.2. The highest BCUT2D eigenvalue weighted by Crippen LogP contribution is 2.33. The van der Waals surface area contributed by atoms with E-state index in [-0.39, 0.29) is 11.7 Å². The normalized spacial score (nSPS) is 20.6. The Labute approximate surface area is 189 Å². The second-order valence-corrected chi connectivity index (χ2v) is 8.78. The highest BCUT2D eigenvalue weighted by molar-refractivity contribution is 5.86. The molecule has 1 N–H and O–H groups in total. The van der Waals surface area contributed by atoms with E-state index < -0.39 is 5.60 Å². The van der Waals surface area contributed by atoms with Crippen molar-refractivity contribution in [2.45, 2.75) is 57.0 Å². The molecule has 1 atom stereocenters. The molecule has 0 spiro atoms. The van der Waals surface area contributed by atoms with Crippen LogP contribution < -0.4 is 10.1 Å². The number of rotatable bonds is 8. The van der Waals surface area contributed by atoms with E-state index >= 15 is 0 Å². The third-order valence-corrected chi connectivity index (χ3v) is 6.55. The quantitative estimate of drug-likeness (QED) is 0.547. The topological polar surface area (TPSA) is 47.6 Å². The number of halogens is 1. The lowest BCUT2D eigenvalue weighted by Crippen LogP contribution is -2.48. The lowest BCUT2D eigenvalue weighted by atomic mass is 9.89. The largest absolute Gasteiger partial charge is 0.496 e. The van der Waals surface area contributed by atoms with Crippen LogP contribution >= 0.6 is 0 Å². The van der Waals surface area contributed by atoms with Crippen LogP contribution in [0.25, 0.3) is 11.1 Å². The Kier molecular flexibility index (Phi) is 7.26. The molecule has 5 heteroatoms. The van der Waals surface area contributed by atoms with Crippen LogP contribution in [-0.2, 0) is 16.0 Å². The summed E-state index contributed by atoms with van der Waals surface area (Å²) >= 11 is 0. The number of carbonyl (C=O) groups excluding carboxylic acids is 1. The Balaban J connectivity index is 1.43. The van der Waals surface area contributed by atoms with Crippen molar-refractivity contribution in [3.05, 3.63) is 65.5 Å². The highest BCUT2D eigenvalue weighted by Gasteiger charge is 2.42. The van der Waals surface area contributed by atoms with Crippen molar-refractivity contribution in [3.8, 4) is 16.9 Å². The van der Waals surface area contributed by atoms with Gasteiger partial charge < -0.3 is 14.8 Å². The van der Waals surface area contributed by atoms with Crippen molar-refractivity contribution in [2.75, 3.05) is 20.3 Å². The Morgan fingerprint density at radius 1 is 1.16 bits per heavy atom. The molecule has 1 amide bonds. The predicted octanol–water partition coefficient (Wildman–Crippen LogP) is 5.60. The number of carbonyl (C=O) groups is 1. The molecule has 0 unspecified atom stereocenters. The summed E-state index contributed by atoms with van der Waals surface area (Å²) in [5.74, 6) is 0.313. The van der Waals surface area contributed by atoms with Crippen LogP contribution in [0.1, 0.15) is 50.5 Å². The van der Waals surface area contributed by atoms with Crippen LogP contribution in [0.3, 0.4) is 0 Å². The Hall–Kier alpha value is -2.66. The van der Waals surface area contributed by atoms with Gasteiger partial charge in [-0.25, -0.2) is 4.39 Å². The SMILES string of the molecule is COc1ccc(F)cc1-c1ccc(C[C@@]2(C(=O)NCCC3=CCCCC3)CCCO2)cc1. The van der Waals surface area contributed by atoms with Gasteiger partial charge in [0, 0.05) is 25.1 Å². The van der Waals surface area contributed by atoms with Crippen molar-refractivity contribution in [2.24, 2.45) is 0 Å². The summed E-state index contributed by atoms with van der Waals surface area (Å²) < 4.78 is 25.2. The fourth-order valence-corrected chi connectivity index (χ4v) is 4.76. The van der Waals surface area contributed by atoms with Gasteiger partial charge in [0.1, 0.15) is 11.6 Å². The maximum atomic E-state index is 13.8. The van der Waals surface area contributed by atoms with Gasteiger partial charge in [-0.1, -0.05) is 35.9 Å². The molecule has 1 aliphatic heterocycles. The molecule has 4 nitrogen and oxygen atoms in total. The summed E-state index contributed by atoms with van der Waals surface area (Å²) in [6, 6.07) is 12.4. The van der Waals surface area contributed by atoms with E-state index in [2.05, 4.69) is 11.4 Å². The Bertz CT molecular complexity index is 961. The lowest BCUT2D eigenvalue weighted by Gasteiger charge is -2.27. The van der Waals surface area contributed by atoms with E-state index in [4.69, 9.17) is 9.47 Å². The zero-order chi connectivity index (χ0) is 22.4. The summed E-state index contributed by atoms with van der Waals surface area (Å²) in [4.78, 5) is 13.1. The maximum absolute atomic E-state index is 13.8. The third kappa shape index (κ3) is 5.21. The number of amides is 1. The summed E-state index contributed by atoms with van der Waals surface area (Å²) in [7, 11) is 1.58. The van der Waals surface area contributed by atoms with Crippen LogP contribution in [0, 0.1) is 5.82 Å². The van der Waals surface area contributed by atoms with E-state index in [0.717, 1.165) is 43.2 Å². The fraction of sp³-hybridized carbons (Fsp3) is 0.444. The first kappa shape index (κ1) is 22.5. The van der Waals surface area contributed by atoms with Crippen LogP contribution in [0.2, 0.25) is 0 Å². The summed E-state index contributed by atoms with van der Waals surface area (Å²) in [6.45, 7) is 1.27. The van der Waals surface area contributed by atoms with Gasteiger partial charge in [0.05, 0.1) is 7.11 Å². The number of methoxy groups -OCH3 is 1. The molecule has 2 aromatic rings. The summed E-state index contributed by atoms with van der Waals surface area (Å²) in [5.41, 5.74) is 3.26. The Morgan fingerprint density at radius 3 is 2.69 bits per heavy atom. The monoisotopic (exact) mass is 437 g/mol. The number of ether oxygens (including phenoxy) is 2. The molecule has 0 aromatic heterocycles. The maximum Gasteiger partial charge on any atom is 0.252 e. The first-order chi connectivity index (χ1) is 15.6. The lowest BCUT2D eigenvalue weighted by molar-refractivity contribution is -0.141. The molecule has 170 valence electrons.